The van der Waals surface area contributed by atoms with E-state index in [9.17, 15) is 4.79 Å². The van der Waals surface area contributed by atoms with Crippen molar-refractivity contribution in [1.82, 2.24) is 20.3 Å². The number of ether oxygens (including phenoxy) is 1. The topological polar surface area (TPSA) is 69.0 Å². The van der Waals surface area contributed by atoms with E-state index in [0.717, 1.165) is 5.56 Å². The first-order valence-corrected chi connectivity index (χ1v) is 6.91. The lowest BCUT2D eigenvalue weighted by Gasteiger charge is -2.04. The van der Waals surface area contributed by atoms with Gasteiger partial charge in [-0.2, -0.15) is 0 Å². The van der Waals surface area contributed by atoms with E-state index in [2.05, 4.69) is 15.6 Å². The number of aromatic nitrogens is 3. The molecule has 1 aromatic carbocycles. The highest BCUT2D eigenvalue weighted by atomic mass is 35.5. The molecular weight excluding hydrogens is 292 g/mol. The molecule has 21 heavy (non-hydrogen) atoms. The number of methoxy groups -OCH3 is 1. The maximum Gasteiger partial charge on any atom is 0.275 e. The Labute approximate surface area is 128 Å². The first kappa shape index (κ1) is 15.5. The molecule has 0 unspecified atom stereocenters. The summed E-state index contributed by atoms with van der Waals surface area (Å²) in [6.07, 6.45) is 0. The highest BCUT2D eigenvalue weighted by Gasteiger charge is 2.17. The molecule has 1 N–H and O–H groups in total. The Kier molecular flexibility index (Phi) is 5.30. The second kappa shape index (κ2) is 7.19. The predicted molar refractivity (Wildman–Crippen MR) is 79.5 cm³/mol. The van der Waals surface area contributed by atoms with Crippen molar-refractivity contribution in [1.29, 1.82) is 0 Å². The maximum absolute atomic E-state index is 11.9. The molecular formula is C14H17ClN4O2. The zero-order valence-corrected chi connectivity index (χ0v) is 12.7. The molecule has 0 radical (unpaired) electrons. The molecule has 1 amide bonds. The van der Waals surface area contributed by atoms with Gasteiger partial charge in [0.1, 0.15) is 0 Å². The SMILES string of the molecule is COCCNC(=O)c1nnn(Cc2ccc(C)cc2)c1Cl. The number of carbonyl (C=O) groups excluding carboxylic acids is 1. The molecule has 0 spiro atoms. The van der Waals surface area contributed by atoms with E-state index in [4.69, 9.17) is 16.3 Å². The van der Waals surface area contributed by atoms with Crippen molar-refractivity contribution in [3.63, 3.8) is 0 Å². The van der Waals surface area contributed by atoms with Crippen molar-refractivity contribution >= 4 is 17.5 Å². The lowest BCUT2D eigenvalue weighted by Crippen LogP contribution is -2.27. The van der Waals surface area contributed by atoms with Crippen LogP contribution in [0.25, 0.3) is 0 Å². The van der Waals surface area contributed by atoms with Crippen LogP contribution in [0, 0.1) is 6.92 Å². The number of hydrogen-bond donors (Lipinski definition) is 1. The van der Waals surface area contributed by atoms with Gasteiger partial charge < -0.3 is 10.1 Å². The number of nitrogens with one attached hydrogen (secondary N) is 1. The monoisotopic (exact) mass is 308 g/mol. The highest BCUT2D eigenvalue weighted by Crippen LogP contribution is 2.15. The lowest BCUT2D eigenvalue weighted by molar-refractivity contribution is 0.0932. The summed E-state index contributed by atoms with van der Waals surface area (Å²) in [6, 6.07) is 8.01. The molecule has 0 atom stereocenters. The van der Waals surface area contributed by atoms with Gasteiger partial charge in [0.05, 0.1) is 13.2 Å². The van der Waals surface area contributed by atoms with Gasteiger partial charge in [-0.3, -0.25) is 4.79 Å². The molecule has 0 bridgehead atoms. The van der Waals surface area contributed by atoms with Crippen LogP contribution in [-0.4, -0.2) is 41.2 Å². The summed E-state index contributed by atoms with van der Waals surface area (Å²) in [7, 11) is 1.57. The van der Waals surface area contributed by atoms with Crippen LogP contribution in [0.5, 0.6) is 0 Å². The summed E-state index contributed by atoms with van der Waals surface area (Å²) >= 11 is 6.16. The molecule has 0 fully saturated rings. The fraction of sp³-hybridized carbons (Fsp3) is 0.357. The predicted octanol–water partition coefficient (Wildman–Crippen LogP) is 1.66. The largest absolute Gasteiger partial charge is 0.383 e. The van der Waals surface area contributed by atoms with Crippen LogP contribution in [0.4, 0.5) is 0 Å². The number of carbonyl (C=O) groups is 1. The van der Waals surface area contributed by atoms with Gasteiger partial charge in [-0.05, 0) is 12.5 Å². The second-order valence-corrected chi connectivity index (χ2v) is 4.98. The average Bonchev–Trinajstić information content (AvgIpc) is 2.83. The third kappa shape index (κ3) is 4.03. The minimum Gasteiger partial charge on any atom is -0.383 e. The van der Waals surface area contributed by atoms with Crippen LogP contribution in [0.2, 0.25) is 5.15 Å². The fourth-order valence-corrected chi connectivity index (χ4v) is 1.98. The first-order valence-electron chi connectivity index (χ1n) is 6.53. The molecule has 2 rings (SSSR count). The van der Waals surface area contributed by atoms with Crippen molar-refractivity contribution < 1.29 is 9.53 Å². The zero-order chi connectivity index (χ0) is 15.2. The third-order valence-electron chi connectivity index (χ3n) is 2.93. The Bertz CT molecular complexity index is 610. The minimum atomic E-state index is -0.354. The molecule has 7 heteroatoms. The molecule has 112 valence electrons. The standard InChI is InChI=1S/C14H17ClN4O2/c1-10-3-5-11(6-4-10)9-19-13(15)12(17-18-19)14(20)16-7-8-21-2/h3-6H,7-9H2,1-2H3,(H,16,20). The van der Waals surface area contributed by atoms with Crippen molar-refractivity contribution in [2.45, 2.75) is 13.5 Å². The lowest BCUT2D eigenvalue weighted by atomic mass is 10.1. The Morgan fingerprint density at radius 3 is 2.76 bits per heavy atom. The molecule has 0 aliphatic heterocycles. The van der Waals surface area contributed by atoms with E-state index in [1.54, 1.807) is 7.11 Å². The molecule has 2 aromatic rings. The normalized spacial score (nSPS) is 10.6. The van der Waals surface area contributed by atoms with Crippen LogP contribution >= 0.6 is 11.6 Å². The summed E-state index contributed by atoms with van der Waals surface area (Å²) in [4.78, 5) is 11.9. The van der Waals surface area contributed by atoms with Crippen LogP contribution in [0.15, 0.2) is 24.3 Å². The van der Waals surface area contributed by atoms with Crippen LogP contribution in [-0.2, 0) is 11.3 Å². The summed E-state index contributed by atoms with van der Waals surface area (Å²) in [5.41, 5.74) is 2.35. The van der Waals surface area contributed by atoms with Crippen molar-refractivity contribution in [3.8, 4) is 0 Å². The third-order valence-corrected chi connectivity index (χ3v) is 3.31. The Hall–Kier alpha value is -1.92. The van der Waals surface area contributed by atoms with Crippen LogP contribution in [0.1, 0.15) is 21.6 Å². The number of rotatable bonds is 6. The van der Waals surface area contributed by atoms with Gasteiger partial charge in [0.2, 0.25) is 0 Å². The van der Waals surface area contributed by atoms with Gasteiger partial charge in [-0.1, -0.05) is 46.6 Å². The zero-order valence-electron chi connectivity index (χ0n) is 12.0. The molecule has 0 aliphatic rings. The molecule has 0 aliphatic carbocycles. The van der Waals surface area contributed by atoms with E-state index < -0.39 is 0 Å². The minimum absolute atomic E-state index is 0.125. The van der Waals surface area contributed by atoms with Gasteiger partial charge in [-0.25, -0.2) is 4.68 Å². The van der Waals surface area contributed by atoms with Crippen LogP contribution in [0.3, 0.4) is 0 Å². The fourth-order valence-electron chi connectivity index (χ4n) is 1.76. The second-order valence-electron chi connectivity index (χ2n) is 4.62. The average molecular weight is 309 g/mol. The maximum atomic E-state index is 11.9. The van der Waals surface area contributed by atoms with Crippen molar-refractivity contribution in [3.05, 3.63) is 46.2 Å². The summed E-state index contributed by atoms with van der Waals surface area (Å²) in [6.45, 7) is 3.32. The van der Waals surface area contributed by atoms with E-state index in [1.807, 2.05) is 31.2 Å². The van der Waals surface area contributed by atoms with E-state index in [-0.39, 0.29) is 16.8 Å². The molecule has 1 aromatic heterocycles. The quantitative estimate of drug-likeness (QED) is 0.824. The van der Waals surface area contributed by atoms with Crippen molar-refractivity contribution in [2.75, 3.05) is 20.3 Å². The number of amides is 1. The number of aryl methyl sites for hydroxylation is 1. The smallest absolute Gasteiger partial charge is 0.275 e. The number of hydrogen-bond acceptors (Lipinski definition) is 4. The molecule has 1 heterocycles. The van der Waals surface area contributed by atoms with Crippen molar-refractivity contribution in [2.24, 2.45) is 0 Å². The Balaban J connectivity index is 2.06. The van der Waals surface area contributed by atoms with Gasteiger partial charge in [0.25, 0.3) is 5.91 Å². The van der Waals surface area contributed by atoms with Gasteiger partial charge in [-0.15, -0.1) is 5.10 Å². The van der Waals surface area contributed by atoms with Gasteiger partial charge >= 0.3 is 0 Å². The molecule has 0 saturated carbocycles. The van der Waals surface area contributed by atoms with E-state index in [0.29, 0.717) is 19.7 Å². The molecule has 0 saturated heterocycles. The van der Waals surface area contributed by atoms with E-state index >= 15 is 0 Å². The highest BCUT2D eigenvalue weighted by molar-refractivity contribution is 6.32. The Morgan fingerprint density at radius 2 is 2.10 bits per heavy atom. The number of halogens is 1. The summed E-state index contributed by atoms with van der Waals surface area (Å²) in [5.74, 6) is -0.354. The number of nitrogens with zero attached hydrogens (tertiary/aromatic N) is 3. The first-order chi connectivity index (χ1) is 10.1. The van der Waals surface area contributed by atoms with E-state index in [1.165, 1.54) is 10.2 Å². The van der Waals surface area contributed by atoms with Gasteiger partial charge in [0, 0.05) is 13.7 Å². The summed E-state index contributed by atoms with van der Waals surface area (Å²) < 4.78 is 6.36. The number of benzene rings is 1. The summed E-state index contributed by atoms with van der Waals surface area (Å²) in [5, 5.41) is 10.7. The molecule has 6 nitrogen and oxygen atoms in total. The van der Waals surface area contributed by atoms with Gasteiger partial charge in [0.15, 0.2) is 10.8 Å². The Morgan fingerprint density at radius 1 is 1.38 bits per heavy atom. The van der Waals surface area contributed by atoms with Crippen LogP contribution < -0.4 is 5.32 Å².